The van der Waals surface area contributed by atoms with Crippen molar-refractivity contribution in [3.63, 3.8) is 0 Å². The van der Waals surface area contributed by atoms with E-state index in [4.69, 9.17) is 10.8 Å². The molecule has 0 unspecified atom stereocenters. The highest BCUT2D eigenvalue weighted by Gasteiger charge is 2.09. The monoisotopic (exact) mass is 213 g/mol. The summed E-state index contributed by atoms with van der Waals surface area (Å²) in [5.74, 6) is -1.47. The molecule has 0 bridgehead atoms. The second kappa shape index (κ2) is 5.05. The first-order valence-electron chi connectivity index (χ1n) is 4.23. The van der Waals surface area contributed by atoms with Crippen molar-refractivity contribution in [2.24, 2.45) is 5.73 Å². The Morgan fingerprint density at radius 3 is 2.87 bits per heavy atom. The van der Waals surface area contributed by atoms with Gasteiger partial charge in [-0.05, 0) is 0 Å². The molecule has 1 rings (SSSR count). The van der Waals surface area contributed by atoms with Crippen molar-refractivity contribution in [2.75, 3.05) is 13.1 Å². The average molecular weight is 213 g/mol. The molecule has 0 fully saturated rings. The quantitative estimate of drug-likeness (QED) is 0.522. The number of aromatic nitrogens is 3. The van der Waals surface area contributed by atoms with E-state index in [1.165, 1.54) is 6.20 Å². The molecular weight excluding hydrogens is 202 g/mol. The van der Waals surface area contributed by atoms with Crippen molar-refractivity contribution in [1.29, 1.82) is 0 Å². The van der Waals surface area contributed by atoms with Crippen molar-refractivity contribution >= 4 is 11.9 Å². The van der Waals surface area contributed by atoms with Crippen LogP contribution in [0, 0.1) is 0 Å². The van der Waals surface area contributed by atoms with Crippen LogP contribution in [-0.4, -0.2) is 45.1 Å². The first-order chi connectivity index (χ1) is 7.13. The molecule has 8 nitrogen and oxygen atoms in total. The third kappa shape index (κ3) is 3.35. The van der Waals surface area contributed by atoms with Crippen LogP contribution in [0.1, 0.15) is 10.5 Å². The van der Waals surface area contributed by atoms with Crippen LogP contribution in [0.15, 0.2) is 6.20 Å². The Labute approximate surface area is 85.1 Å². The maximum Gasteiger partial charge on any atom is 0.358 e. The van der Waals surface area contributed by atoms with Gasteiger partial charge in [0.2, 0.25) is 5.91 Å². The predicted molar refractivity (Wildman–Crippen MR) is 49.0 cm³/mol. The van der Waals surface area contributed by atoms with Crippen LogP contribution in [0.3, 0.4) is 0 Å². The van der Waals surface area contributed by atoms with Gasteiger partial charge < -0.3 is 16.2 Å². The SMILES string of the molecule is NCCNC(=O)Cn1cc(C(=O)O)nn1. The molecular formula is C7H11N5O3. The number of carboxylic acids is 1. The Morgan fingerprint density at radius 1 is 1.60 bits per heavy atom. The summed E-state index contributed by atoms with van der Waals surface area (Å²) >= 11 is 0. The molecule has 0 saturated carbocycles. The third-order valence-corrected chi connectivity index (χ3v) is 1.53. The molecule has 0 aliphatic rings. The van der Waals surface area contributed by atoms with Gasteiger partial charge in [0.15, 0.2) is 5.69 Å². The van der Waals surface area contributed by atoms with Crippen molar-refractivity contribution in [2.45, 2.75) is 6.54 Å². The van der Waals surface area contributed by atoms with E-state index in [2.05, 4.69) is 15.6 Å². The minimum absolute atomic E-state index is 0.0692. The molecule has 1 aromatic heterocycles. The zero-order valence-electron chi connectivity index (χ0n) is 7.88. The van der Waals surface area contributed by atoms with Crippen molar-refractivity contribution in [3.8, 4) is 0 Å². The van der Waals surface area contributed by atoms with E-state index < -0.39 is 5.97 Å². The molecule has 0 aliphatic heterocycles. The van der Waals surface area contributed by atoms with Crippen LogP contribution < -0.4 is 11.1 Å². The highest BCUT2D eigenvalue weighted by Crippen LogP contribution is 1.92. The number of carbonyl (C=O) groups excluding carboxylic acids is 1. The Hall–Kier alpha value is -1.96. The number of hydrogen-bond acceptors (Lipinski definition) is 5. The minimum Gasteiger partial charge on any atom is -0.476 e. The normalized spacial score (nSPS) is 9.93. The van der Waals surface area contributed by atoms with E-state index in [1.54, 1.807) is 0 Å². The smallest absolute Gasteiger partial charge is 0.358 e. The average Bonchev–Trinajstić information content (AvgIpc) is 2.63. The summed E-state index contributed by atoms with van der Waals surface area (Å²) in [6, 6.07) is 0. The van der Waals surface area contributed by atoms with Gasteiger partial charge in [0.05, 0.1) is 6.20 Å². The highest BCUT2D eigenvalue weighted by atomic mass is 16.4. The van der Waals surface area contributed by atoms with Crippen molar-refractivity contribution in [3.05, 3.63) is 11.9 Å². The molecule has 1 heterocycles. The molecule has 0 spiro atoms. The van der Waals surface area contributed by atoms with Gasteiger partial charge in [0.25, 0.3) is 0 Å². The fourth-order valence-electron chi connectivity index (χ4n) is 0.888. The van der Waals surface area contributed by atoms with Gasteiger partial charge in [-0.15, -0.1) is 5.10 Å². The number of nitrogens with one attached hydrogen (secondary N) is 1. The Bertz CT molecular complexity index is 361. The Kier molecular flexibility index (Phi) is 3.75. The second-order valence-electron chi connectivity index (χ2n) is 2.75. The number of nitrogens with two attached hydrogens (primary N) is 1. The molecule has 0 aromatic carbocycles. The minimum atomic E-state index is -1.18. The van der Waals surface area contributed by atoms with E-state index in [1.807, 2.05) is 0 Å². The Morgan fingerprint density at radius 2 is 2.33 bits per heavy atom. The topological polar surface area (TPSA) is 123 Å². The second-order valence-corrected chi connectivity index (χ2v) is 2.75. The molecule has 4 N–H and O–H groups in total. The molecule has 0 radical (unpaired) electrons. The zero-order chi connectivity index (χ0) is 11.3. The van der Waals surface area contributed by atoms with Crippen LogP contribution >= 0.6 is 0 Å². The summed E-state index contributed by atoms with van der Waals surface area (Å²) in [5.41, 5.74) is 4.99. The summed E-state index contributed by atoms with van der Waals surface area (Å²) in [4.78, 5) is 21.6. The summed E-state index contributed by atoms with van der Waals surface area (Å²) < 4.78 is 1.15. The molecule has 1 aromatic rings. The number of carbonyl (C=O) groups is 2. The van der Waals surface area contributed by atoms with E-state index in [-0.39, 0.29) is 18.1 Å². The lowest BCUT2D eigenvalue weighted by Gasteiger charge is -2.01. The standard InChI is InChI=1S/C7H11N5O3/c8-1-2-9-6(13)4-12-3-5(7(14)15)10-11-12/h3H,1-2,4,8H2,(H,9,13)(H,14,15). The van der Waals surface area contributed by atoms with E-state index in [0.29, 0.717) is 13.1 Å². The number of rotatable bonds is 5. The fraction of sp³-hybridized carbons (Fsp3) is 0.429. The number of aromatic carboxylic acids is 1. The van der Waals surface area contributed by atoms with Crippen LogP contribution in [0.4, 0.5) is 0 Å². The maximum atomic E-state index is 11.1. The van der Waals surface area contributed by atoms with Gasteiger partial charge in [-0.3, -0.25) is 4.79 Å². The highest BCUT2D eigenvalue weighted by molar-refractivity contribution is 5.84. The summed E-state index contributed by atoms with van der Waals surface area (Å²) in [5, 5.41) is 17.9. The summed E-state index contributed by atoms with van der Waals surface area (Å²) in [6.45, 7) is 0.656. The number of carboxylic acid groups (broad SMARTS) is 1. The molecule has 0 atom stereocenters. The van der Waals surface area contributed by atoms with Gasteiger partial charge in [-0.25, -0.2) is 9.48 Å². The molecule has 0 saturated heterocycles. The van der Waals surface area contributed by atoms with E-state index in [9.17, 15) is 9.59 Å². The lowest BCUT2D eigenvalue weighted by molar-refractivity contribution is -0.121. The van der Waals surface area contributed by atoms with Crippen molar-refractivity contribution in [1.82, 2.24) is 20.3 Å². The van der Waals surface area contributed by atoms with Crippen LogP contribution in [0.25, 0.3) is 0 Å². The maximum absolute atomic E-state index is 11.1. The Balaban J connectivity index is 2.50. The van der Waals surface area contributed by atoms with E-state index >= 15 is 0 Å². The lowest BCUT2D eigenvalue weighted by Crippen LogP contribution is -2.32. The van der Waals surface area contributed by atoms with Crippen LogP contribution in [0.5, 0.6) is 0 Å². The first kappa shape index (κ1) is 11.1. The summed E-state index contributed by atoms with van der Waals surface area (Å²) in [6.07, 6.45) is 1.18. The predicted octanol–water partition coefficient (Wildman–Crippen LogP) is -1.95. The molecule has 82 valence electrons. The van der Waals surface area contributed by atoms with Crippen LogP contribution in [-0.2, 0) is 11.3 Å². The third-order valence-electron chi connectivity index (χ3n) is 1.53. The first-order valence-corrected chi connectivity index (χ1v) is 4.23. The number of nitrogens with zero attached hydrogens (tertiary/aromatic N) is 3. The fourth-order valence-corrected chi connectivity index (χ4v) is 0.888. The molecule has 1 amide bonds. The molecule has 8 heteroatoms. The zero-order valence-corrected chi connectivity index (χ0v) is 7.88. The number of amides is 1. The van der Waals surface area contributed by atoms with Gasteiger partial charge in [0.1, 0.15) is 6.54 Å². The van der Waals surface area contributed by atoms with Crippen LogP contribution in [0.2, 0.25) is 0 Å². The van der Waals surface area contributed by atoms with Gasteiger partial charge in [-0.2, -0.15) is 0 Å². The van der Waals surface area contributed by atoms with Gasteiger partial charge >= 0.3 is 5.97 Å². The summed E-state index contributed by atoms with van der Waals surface area (Å²) in [7, 11) is 0. The van der Waals surface area contributed by atoms with Gasteiger partial charge in [0, 0.05) is 13.1 Å². The lowest BCUT2D eigenvalue weighted by atomic mass is 10.5. The number of hydrogen-bond donors (Lipinski definition) is 3. The molecule has 0 aliphatic carbocycles. The van der Waals surface area contributed by atoms with Gasteiger partial charge in [-0.1, -0.05) is 5.21 Å². The van der Waals surface area contributed by atoms with Crippen molar-refractivity contribution < 1.29 is 14.7 Å². The largest absolute Gasteiger partial charge is 0.476 e. The van der Waals surface area contributed by atoms with E-state index in [0.717, 1.165) is 4.68 Å². The molecule has 15 heavy (non-hydrogen) atoms.